The molecule has 2 aromatic rings. The van der Waals surface area contributed by atoms with E-state index in [0.717, 1.165) is 44.9 Å². The zero-order valence-corrected chi connectivity index (χ0v) is 21.8. The summed E-state index contributed by atoms with van der Waals surface area (Å²) in [4.78, 5) is -0.0795. The number of rotatable bonds is 16. The van der Waals surface area contributed by atoms with Crippen molar-refractivity contribution in [3.05, 3.63) is 41.5 Å². The monoisotopic (exact) mass is 489 g/mol. The minimum atomic E-state index is -4.02. The Morgan fingerprint density at radius 1 is 0.735 bits per heavy atom. The molecule has 4 N–H and O–H groups in total. The molecule has 0 unspecified atom stereocenters. The Labute approximate surface area is 206 Å². The summed E-state index contributed by atoms with van der Waals surface area (Å²) in [6, 6.07) is 7.55. The zero-order valence-electron chi connectivity index (χ0n) is 21.0. The molecule has 0 aromatic heterocycles. The third-order valence-corrected chi connectivity index (χ3v) is 8.32. The number of phenolic OH excluding ortho intramolecular Hbond substituents is 2. The van der Waals surface area contributed by atoms with Crippen LogP contribution in [-0.2, 0) is 22.7 Å². The van der Waals surface area contributed by atoms with Gasteiger partial charge in [-0.15, -0.1) is 0 Å². The molecule has 0 heterocycles. The fourth-order valence-electron chi connectivity index (χ4n) is 4.39. The van der Waals surface area contributed by atoms with Crippen LogP contribution in [0.4, 0.5) is 5.69 Å². The number of nitrogen functional groups attached to an aromatic ring is 1. The second-order valence-electron chi connectivity index (χ2n) is 9.32. The van der Waals surface area contributed by atoms with Gasteiger partial charge in [0.1, 0.15) is 16.4 Å². The van der Waals surface area contributed by atoms with Gasteiger partial charge in [0, 0.05) is 11.3 Å². The van der Waals surface area contributed by atoms with E-state index in [9.17, 15) is 18.6 Å². The van der Waals surface area contributed by atoms with Crippen LogP contribution in [0.5, 0.6) is 11.5 Å². The quantitative estimate of drug-likeness (QED) is 0.130. The van der Waals surface area contributed by atoms with Crippen LogP contribution in [-0.4, -0.2) is 18.6 Å². The second-order valence-corrected chi connectivity index (χ2v) is 11.2. The number of aryl methyl sites for hydroxylation is 1. The summed E-state index contributed by atoms with van der Waals surface area (Å²) in [6.07, 6.45) is 13.8. The Balaban J connectivity index is 2.32. The lowest BCUT2D eigenvalue weighted by Gasteiger charge is -2.18. The summed E-state index contributed by atoms with van der Waals surface area (Å²) in [5, 5.41) is 22.0. The first-order valence-corrected chi connectivity index (χ1v) is 14.5. The molecule has 2 aromatic carbocycles. The highest BCUT2D eigenvalue weighted by molar-refractivity contribution is 7.91. The predicted octanol–water partition coefficient (Wildman–Crippen LogP) is 7.32. The Hall–Kier alpha value is -2.21. The molecule has 2 rings (SSSR count). The molecule has 6 heteroatoms. The minimum absolute atomic E-state index is 0.0404. The molecule has 0 saturated heterocycles. The normalized spacial score (nSPS) is 11.7. The highest BCUT2D eigenvalue weighted by Gasteiger charge is 2.29. The van der Waals surface area contributed by atoms with E-state index in [1.54, 1.807) is 6.07 Å². The van der Waals surface area contributed by atoms with Gasteiger partial charge in [-0.1, -0.05) is 78.1 Å². The highest BCUT2D eigenvalue weighted by Crippen LogP contribution is 2.41. The molecule has 190 valence electrons. The number of hydrogen-bond donors (Lipinski definition) is 3. The summed E-state index contributed by atoms with van der Waals surface area (Å²) in [6.45, 7) is 4.35. The van der Waals surface area contributed by atoms with Crippen molar-refractivity contribution in [2.75, 3.05) is 5.73 Å². The molecule has 0 amide bonds. The first-order chi connectivity index (χ1) is 16.3. The summed E-state index contributed by atoms with van der Waals surface area (Å²) >= 11 is 0. The Kier molecular flexibility index (Phi) is 11.7. The molecule has 0 fully saturated rings. The maximum absolute atomic E-state index is 13.6. The van der Waals surface area contributed by atoms with E-state index in [1.165, 1.54) is 56.4 Å². The fraction of sp³-hybridized carbons (Fsp3) is 0.571. The van der Waals surface area contributed by atoms with Gasteiger partial charge in [-0.2, -0.15) is 0 Å². The number of hydrogen-bond acceptors (Lipinski definition) is 5. The van der Waals surface area contributed by atoms with Gasteiger partial charge in [-0.25, -0.2) is 8.42 Å². The smallest absolute Gasteiger partial charge is 0.210 e. The molecular weight excluding hydrogens is 446 g/mol. The van der Waals surface area contributed by atoms with Crippen molar-refractivity contribution in [2.45, 2.75) is 114 Å². The van der Waals surface area contributed by atoms with Crippen LogP contribution in [0.1, 0.15) is 102 Å². The molecule has 0 radical (unpaired) electrons. The van der Waals surface area contributed by atoms with Crippen molar-refractivity contribution in [1.29, 1.82) is 0 Å². The Morgan fingerprint density at radius 3 is 1.79 bits per heavy atom. The first kappa shape index (κ1) is 28.0. The van der Waals surface area contributed by atoms with Gasteiger partial charge in [0.25, 0.3) is 0 Å². The minimum Gasteiger partial charge on any atom is -0.508 e. The van der Waals surface area contributed by atoms with E-state index in [1.807, 2.05) is 0 Å². The van der Waals surface area contributed by atoms with E-state index in [4.69, 9.17) is 5.73 Å². The average molecular weight is 490 g/mol. The average Bonchev–Trinajstić information content (AvgIpc) is 2.81. The number of aromatic hydroxyl groups is 2. The standard InChI is InChI=1S/C28H43NO4S/c1-3-5-7-9-11-13-15-22-21-26(30)25(16-14-12-10-8-6-4-2)28(27(22)31)34(32,33)24-19-17-23(29)18-20-24/h17-21,30-31H,3-16,29H2,1-2H3. The van der Waals surface area contributed by atoms with Gasteiger partial charge in [0.05, 0.1) is 4.90 Å². The van der Waals surface area contributed by atoms with Crippen LogP contribution in [0, 0.1) is 0 Å². The maximum Gasteiger partial charge on any atom is 0.210 e. The van der Waals surface area contributed by atoms with Crippen molar-refractivity contribution in [1.82, 2.24) is 0 Å². The molecular formula is C28H43NO4S. The number of nitrogens with two attached hydrogens (primary N) is 1. The van der Waals surface area contributed by atoms with E-state index < -0.39 is 9.84 Å². The van der Waals surface area contributed by atoms with Gasteiger partial charge in [0.2, 0.25) is 9.84 Å². The zero-order chi connectivity index (χ0) is 25.0. The summed E-state index contributed by atoms with van der Waals surface area (Å²) in [5.74, 6) is -0.259. The van der Waals surface area contributed by atoms with E-state index in [0.29, 0.717) is 29.7 Å². The van der Waals surface area contributed by atoms with Gasteiger partial charge < -0.3 is 15.9 Å². The SMILES string of the molecule is CCCCCCCCc1cc(O)c(CCCCCCCC)c(S(=O)(=O)c2ccc(N)cc2)c1O. The molecule has 5 nitrogen and oxygen atoms in total. The fourth-order valence-corrected chi connectivity index (χ4v) is 6.04. The third kappa shape index (κ3) is 7.93. The van der Waals surface area contributed by atoms with Crippen molar-refractivity contribution in [2.24, 2.45) is 0 Å². The van der Waals surface area contributed by atoms with Crippen molar-refractivity contribution < 1.29 is 18.6 Å². The maximum atomic E-state index is 13.6. The number of anilines is 1. The van der Waals surface area contributed by atoms with Gasteiger partial charge in [0.15, 0.2) is 0 Å². The summed E-state index contributed by atoms with van der Waals surface area (Å²) in [7, 11) is -4.02. The van der Waals surface area contributed by atoms with E-state index in [2.05, 4.69) is 13.8 Å². The third-order valence-electron chi connectivity index (χ3n) is 6.45. The number of sulfone groups is 1. The number of unbranched alkanes of at least 4 members (excludes halogenated alkanes) is 10. The van der Waals surface area contributed by atoms with Crippen LogP contribution < -0.4 is 5.73 Å². The molecule has 0 spiro atoms. The van der Waals surface area contributed by atoms with Crippen LogP contribution in [0.15, 0.2) is 40.1 Å². The van der Waals surface area contributed by atoms with E-state index in [-0.39, 0.29) is 21.3 Å². The van der Waals surface area contributed by atoms with Gasteiger partial charge in [-0.05, 0) is 61.6 Å². The Morgan fingerprint density at radius 2 is 1.24 bits per heavy atom. The lowest BCUT2D eigenvalue weighted by atomic mass is 9.98. The predicted molar refractivity (Wildman–Crippen MR) is 140 cm³/mol. The lowest BCUT2D eigenvalue weighted by molar-refractivity contribution is 0.429. The number of benzene rings is 2. The second kappa shape index (κ2) is 14.2. The molecule has 0 aliphatic rings. The molecule has 0 atom stereocenters. The first-order valence-electron chi connectivity index (χ1n) is 13.0. The molecule has 34 heavy (non-hydrogen) atoms. The van der Waals surface area contributed by atoms with Crippen LogP contribution >= 0.6 is 0 Å². The molecule has 0 aliphatic carbocycles. The van der Waals surface area contributed by atoms with Crippen molar-refractivity contribution in [3.8, 4) is 11.5 Å². The highest BCUT2D eigenvalue weighted by atomic mass is 32.2. The number of phenols is 2. The lowest BCUT2D eigenvalue weighted by Crippen LogP contribution is -2.09. The van der Waals surface area contributed by atoms with Crippen LogP contribution in [0.25, 0.3) is 0 Å². The molecule has 0 aliphatic heterocycles. The van der Waals surface area contributed by atoms with Gasteiger partial charge >= 0.3 is 0 Å². The van der Waals surface area contributed by atoms with Gasteiger partial charge in [-0.3, -0.25) is 0 Å². The van der Waals surface area contributed by atoms with Crippen molar-refractivity contribution >= 4 is 15.5 Å². The van der Waals surface area contributed by atoms with Crippen LogP contribution in [0.2, 0.25) is 0 Å². The molecule has 0 bridgehead atoms. The largest absolute Gasteiger partial charge is 0.508 e. The summed E-state index contributed by atoms with van der Waals surface area (Å²) < 4.78 is 27.2. The van der Waals surface area contributed by atoms with Crippen LogP contribution in [0.3, 0.4) is 0 Å². The summed E-state index contributed by atoms with van der Waals surface area (Å²) in [5.41, 5.74) is 7.02. The molecule has 0 saturated carbocycles. The van der Waals surface area contributed by atoms with Crippen molar-refractivity contribution in [3.63, 3.8) is 0 Å². The van der Waals surface area contributed by atoms with E-state index >= 15 is 0 Å². The Bertz CT molecular complexity index is 984. The topological polar surface area (TPSA) is 101 Å².